The SMILES string of the molecule is C=CN(Cc1ccccc1)C(=O)Cc1cc(=O)n2cn[nH]c2n1. The second-order valence-corrected chi connectivity index (χ2v) is 5.00. The number of benzene rings is 1. The molecule has 0 aliphatic heterocycles. The summed E-state index contributed by atoms with van der Waals surface area (Å²) < 4.78 is 1.28. The summed E-state index contributed by atoms with van der Waals surface area (Å²) in [6.07, 6.45) is 2.85. The zero-order chi connectivity index (χ0) is 16.2. The van der Waals surface area contributed by atoms with Crippen molar-refractivity contribution in [3.05, 3.63) is 77.1 Å². The van der Waals surface area contributed by atoms with Crippen LogP contribution in [0.25, 0.3) is 5.78 Å². The fourth-order valence-corrected chi connectivity index (χ4v) is 2.26. The Hall–Kier alpha value is -3.22. The van der Waals surface area contributed by atoms with Crippen molar-refractivity contribution in [2.75, 3.05) is 0 Å². The first-order valence-corrected chi connectivity index (χ1v) is 7.05. The van der Waals surface area contributed by atoms with E-state index in [0.717, 1.165) is 5.56 Å². The number of nitrogens with one attached hydrogen (secondary N) is 1. The van der Waals surface area contributed by atoms with Gasteiger partial charge in [0.15, 0.2) is 0 Å². The maximum Gasteiger partial charge on any atom is 0.260 e. The average Bonchev–Trinajstić information content (AvgIpc) is 3.02. The highest BCUT2D eigenvalue weighted by molar-refractivity contribution is 5.79. The number of fused-ring (bicyclic) bond motifs is 1. The second kappa shape index (κ2) is 6.27. The molecule has 0 fully saturated rings. The van der Waals surface area contributed by atoms with Gasteiger partial charge in [-0.2, -0.15) is 5.10 Å². The summed E-state index contributed by atoms with van der Waals surface area (Å²) in [5, 5.41) is 6.37. The van der Waals surface area contributed by atoms with Gasteiger partial charge < -0.3 is 4.90 Å². The van der Waals surface area contributed by atoms with Crippen molar-refractivity contribution in [3.8, 4) is 0 Å². The molecule has 0 saturated heterocycles. The van der Waals surface area contributed by atoms with Crippen LogP contribution in [0, 0.1) is 0 Å². The first kappa shape index (κ1) is 14.7. The van der Waals surface area contributed by atoms with Gasteiger partial charge in [0.05, 0.1) is 18.7 Å². The smallest absolute Gasteiger partial charge is 0.260 e. The zero-order valence-corrected chi connectivity index (χ0v) is 12.3. The van der Waals surface area contributed by atoms with E-state index in [2.05, 4.69) is 21.8 Å². The standard InChI is InChI=1S/C16H15N5O2/c1-2-20(10-12-6-4-3-5-7-12)14(22)8-13-9-15(23)21-11-17-19-16(21)18-13/h2-7,9,11H,1,8,10H2,(H,18,19). The highest BCUT2D eigenvalue weighted by Gasteiger charge is 2.14. The molecular weight excluding hydrogens is 294 g/mol. The molecule has 0 atom stereocenters. The predicted octanol–water partition coefficient (Wildman–Crippen LogP) is 1.13. The maximum atomic E-state index is 12.4. The molecule has 7 nitrogen and oxygen atoms in total. The lowest BCUT2D eigenvalue weighted by molar-refractivity contribution is -0.128. The summed E-state index contributed by atoms with van der Waals surface area (Å²) in [4.78, 5) is 30.0. The fraction of sp³-hybridized carbons (Fsp3) is 0.125. The lowest BCUT2D eigenvalue weighted by Gasteiger charge is -2.17. The van der Waals surface area contributed by atoms with Crippen LogP contribution in [-0.2, 0) is 17.8 Å². The Morgan fingerprint density at radius 3 is 2.87 bits per heavy atom. The van der Waals surface area contributed by atoms with Gasteiger partial charge in [0.2, 0.25) is 11.7 Å². The zero-order valence-electron chi connectivity index (χ0n) is 12.3. The number of carbonyl (C=O) groups excluding carboxylic acids is 1. The highest BCUT2D eigenvalue weighted by Crippen LogP contribution is 2.07. The maximum absolute atomic E-state index is 12.4. The number of aromatic nitrogens is 4. The molecule has 1 aromatic carbocycles. The van der Waals surface area contributed by atoms with E-state index < -0.39 is 0 Å². The Kier molecular flexibility index (Phi) is 4.01. The number of carbonyl (C=O) groups is 1. The van der Waals surface area contributed by atoms with Crippen molar-refractivity contribution in [1.82, 2.24) is 24.5 Å². The Labute approximate surface area is 131 Å². The monoisotopic (exact) mass is 309 g/mol. The number of rotatable bonds is 5. The Bertz CT molecular complexity index is 897. The van der Waals surface area contributed by atoms with E-state index in [1.807, 2.05) is 30.3 Å². The predicted molar refractivity (Wildman–Crippen MR) is 84.5 cm³/mol. The Balaban J connectivity index is 1.78. The molecule has 2 heterocycles. The van der Waals surface area contributed by atoms with E-state index >= 15 is 0 Å². The fourth-order valence-electron chi connectivity index (χ4n) is 2.26. The van der Waals surface area contributed by atoms with Gasteiger partial charge in [0.25, 0.3) is 5.56 Å². The van der Waals surface area contributed by atoms with Crippen LogP contribution in [0.2, 0.25) is 0 Å². The van der Waals surface area contributed by atoms with Gasteiger partial charge in [-0.15, -0.1) is 0 Å². The van der Waals surface area contributed by atoms with E-state index in [4.69, 9.17) is 0 Å². The van der Waals surface area contributed by atoms with Crippen molar-refractivity contribution in [3.63, 3.8) is 0 Å². The average molecular weight is 309 g/mol. The van der Waals surface area contributed by atoms with E-state index in [9.17, 15) is 9.59 Å². The molecule has 1 N–H and O–H groups in total. The number of H-pyrrole nitrogens is 1. The van der Waals surface area contributed by atoms with E-state index in [-0.39, 0.29) is 17.9 Å². The number of hydrogen-bond donors (Lipinski definition) is 1. The largest absolute Gasteiger partial charge is 0.315 e. The summed E-state index contributed by atoms with van der Waals surface area (Å²) in [6.45, 7) is 4.11. The molecular formula is C16H15N5O2. The highest BCUT2D eigenvalue weighted by atomic mass is 16.2. The molecule has 0 radical (unpaired) electrons. The molecule has 23 heavy (non-hydrogen) atoms. The van der Waals surface area contributed by atoms with Crippen molar-refractivity contribution < 1.29 is 4.79 Å². The van der Waals surface area contributed by atoms with Gasteiger partial charge in [0, 0.05) is 6.07 Å². The van der Waals surface area contributed by atoms with Crippen molar-refractivity contribution in [2.24, 2.45) is 0 Å². The van der Waals surface area contributed by atoms with Crippen molar-refractivity contribution in [1.29, 1.82) is 0 Å². The molecule has 2 aromatic heterocycles. The molecule has 0 saturated carbocycles. The summed E-state index contributed by atoms with van der Waals surface area (Å²) >= 11 is 0. The molecule has 3 rings (SSSR count). The number of amides is 1. The van der Waals surface area contributed by atoms with Gasteiger partial charge in [-0.1, -0.05) is 36.9 Å². The second-order valence-electron chi connectivity index (χ2n) is 5.00. The molecule has 1 amide bonds. The topological polar surface area (TPSA) is 83.4 Å². The molecule has 116 valence electrons. The quantitative estimate of drug-likeness (QED) is 0.766. The number of aromatic amines is 1. The molecule has 0 aliphatic carbocycles. The van der Waals surface area contributed by atoms with Gasteiger partial charge >= 0.3 is 0 Å². The van der Waals surface area contributed by atoms with Crippen molar-refractivity contribution in [2.45, 2.75) is 13.0 Å². The number of nitrogens with zero attached hydrogens (tertiary/aromatic N) is 4. The van der Waals surface area contributed by atoms with Crippen LogP contribution in [0.15, 0.2) is 60.3 Å². The van der Waals surface area contributed by atoms with Crippen LogP contribution in [-0.4, -0.2) is 30.4 Å². The van der Waals surface area contributed by atoms with E-state index in [0.29, 0.717) is 18.0 Å². The first-order valence-electron chi connectivity index (χ1n) is 7.05. The van der Waals surface area contributed by atoms with Crippen LogP contribution < -0.4 is 5.56 Å². The van der Waals surface area contributed by atoms with Crippen molar-refractivity contribution >= 4 is 11.7 Å². The lowest BCUT2D eigenvalue weighted by atomic mass is 10.2. The third kappa shape index (κ3) is 3.18. The lowest BCUT2D eigenvalue weighted by Crippen LogP contribution is -2.27. The van der Waals surface area contributed by atoms with Gasteiger partial charge in [0.1, 0.15) is 6.33 Å². The normalized spacial score (nSPS) is 10.6. The summed E-state index contributed by atoms with van der Waals surface area (Å²) in [7, 11) is 0. The molecule has 3 aromatic rings. The minimum Gasteiger partial charge on any atom is -0.315 e. The summed E-state index contributed by atoms with van der Waals surface area (Å²) in [6, 6.07) is 11.0. The number of hydrogen-bond acceptors (Lipinski definition) is 4. The first-order chi connectivity index (χ1) is 11.2. The van der Waals surface area contributed by atoms with Crippen LogP contribution in [0.1, 0.15) is 11.3 Å². The van der Waals surface area contributed by atoms with E-state index in [1.54, 1.807) is 0 Å². The summed E-state index contributed by atoms with van der Waals surface area (Å²) in [5.41, 5.74) is 1.11. The third-order valence-electron chi connectivity index (χ3n) is 3.41. The van der Waals surface area contributed by atoms with Gasteiger partial charge in [-0.3, -0.25) is 9.59 Å². The van der Waals surface area contributed by atoms with Crippen LogP contribution in [0.5, 0.6) is 0 Å². The third-order valence-corrected chi connectivity index (χ3v) is 3.41. The molecule has 0 aliphatic rings. The molecule has 0 bridgehead atoms. The molecule has 7 heteroatoms. The van der Waals surface area contributed by atoms with E-state index in [1.165, 1.54) is 27.9 Å². The minimum atomic E-state index is -0.278. The summed E-state index contributed by atoms with van der Waals surface area (Å²) in [5.74, 6) is 0.133. The molecule has 0 spiro atoms. The Morgan fingerprint density at radius 1 is 1.35 bits per heavy atom. The van der Waals surface area contributed by atoms with Crippen LogP contribution in [0.3, 0.4) is 0 Å². The molecule has 0 unspecified atom stereocenters. The van der Waals surface area contributed by atoms with Gasteiger partial charge in [-0.05, 0) is 11.8 Å². The minimum absolute atomic E-state index is 0.0175. The van der Waals surface area contributed by atoms with Crippen LogP contribution >= 0.6 is 0 Å². The Morgan fingerprint density at radius 2 is 2.13 bits per heavy atom. The van der Waals surface area contributed by atoms with Gasteiger partial charge in [-0.25, -0.2) is 14.5 Å². The van der Waals surface area contributed by atoms with Crippen LogP contribution in [0.4, 0.5) is 0 Å².